The molecule has 5 nitrogen and oxygen atoms in total. The lowest BCUT2D eigenvalue weighted by molar-refractivity contribution is 0.413. The van der Waals surface area contributed by atoms with E-state index in [0.29, 0.717) is 5.69 Å². The molecular formula is C11H9ClFN3O2. The number of H-pyrrole nitrogens is 1. The molecule has 2 N–H and O–H groups in total. The highest BCUT2D eigenvalue weighted by atomic mass is 35.5. The lowest BCUT2D eigenvalue weighted by atomic mass is 10.3. The Kier molecular flexibility index (Phi) is 3.47. The molecule has 0 spiro atoms. The molecule has 94 valence electrons. The second-order valence-corrected chi connectivity index (χ2v) is 3.74. The Balaban J connectivity index is 2.40. The summed E-state index contributed by atoms with van der Waals surface area (Å²) in [7, 11) is 1.41. The quantitative estimate of drug-likeness (QED) is 0.897. The van der Waals surface area contributed by atoms with Crippen molar-refractivity contribution in [2.75, 3.05) is 12.4 Å². The first-order chi connectivity index (χ1) is 8.61. The lowest BCUT2D eigenvalue weighted by Crippen LogP contribution is -2.10. The van der Waals surface area contributed by atoms with Crippen LogP contribution < -0.4 is 15.6 Å². The topological polar surface area (TPSA) is 67.0 Å². The summed E-state index contributed by atoms with van der Waals surface area (Å²) >= 11 is 5.79. The highest BCUT2D eigenvalue weighted by molar-refractivity contribution is 6.32. The number of anilines is 2. The molecule has 0 saturated heterocycles. The molecule has 0 unspecified atom stereocenters. The van der Waals surface area contributed by atoms with E-state index in [-0.39, 0.29) is 16.6 Å². The molecule has 0 fully saturated rings. The summed E-state index contributed by atoms with van der Waals surface area (Å²) in [5, 5.41) is 2.73. The van der Waals surface area contributed by atoms with Crippen molar-refractivity contribution in [2.24, 2.45) is 0 Å². The highest BCUT2D eigenvalue weighted by Gasteiger charge is 2.09. The fourth-order valence-electron chi connectivity index (χ4n) is 1.37. The van der Waals surface area contributed by atoms with Gasteiger partial charge in [0.1, 0.15) is 16.6 Å². The average Bonchev–Trinajstić information content (AvgIpc) is 2.37. The molecule has 0 radical (unpaired) electrons. The Morgan fingerprint density at radius 2 is 2.28 bits per heavy atom. The van der Waals surface area contributed by atoms with Crippen LogP contribution in [0.5, 0.6) is 5.75 Å². The second kappa shape index (κ2) is 5.05. The van der Waals surface area contributed by atoms with Crippen LogP contribution in [0.25, 0.3) is 0 Å². The first kappa shape index (κ1) is 12.4. The Morgan fingerprint density at radius 1 is 1.50 bits per heavy atom. The molecule has 0 bridgehead atoms. The number of methoxy groups -OCH3 is 1. The zero-order valence-corrected chi connectivity index (χ0v) is 10.1. The SMILES string of the molecule is COc1cc(F)ccc1Nc1nc[nH]c(=O)c1Cl. The monoisotopic (exact) mass is 269 g/mol. The van der Waals surface area contributed by atoms with E-state index in [9.17, 15) is 9.18 Å². The van der Waals surface area contributed by atoms with Crippen LogP contribution in [0.3, 0.4) is 0 Å². The Morgan fingerprint density at radius 3 is 3.00 bits per heavy atom. The number of benzene rings is 1. The molecule has 0 atom stereocenters. The molecule has 1 aromatic heterocycles. The Bertz CT molecular complexity index is 630. The maximum atomic E-state index is 13.0. The average molecular weight is 270 g/mol. The number of hydrogen-bond donors (Lipinski definition) is 2. The largest absolute Gasteiger partial charge is 0.494 e. The number of aromatic nitrogens is 2. The van der Waals surface area contributed by atoms with Gasteiger partial charge in [-0.05, 0) is 12.1 Å². The molecule has 0 aliphatic rings. The van der Waals surface area contributed by atoms with Crippen LogP contribution in [0.4, 0.5) is 15.9 Å². The van der Waals surface area contributed by atoms with Crippen LogP contribution in [-0.4, -0.2) is 17.1 Å². The number of halogens is 2. The molecule has 0 saturated carbocycles. The van der Waals surface area contributed by atoms with Crippen molar-refractivity contribution in [1.82, 2.24) is 9.97 Å². The van der Waals surface area contributed by atoms with Gasteiger partial charge in [-0.2, -0.15) is 0 Å². The van der Waals surface area contributed by atoms with Crippen molar-refractivity contribution in [3.63, 3.8) is 0 Å². The molecule has 0 aliphatic carbocycles. The van der Waals surface area contributed by atoms with Gasteiger partial charge in [-0.25, -0.2) is 9.37 Å². The third-order valence-corrected chi connectivity index (χ3v) is 2.56. The smallest absolute Gasteiger partial charge is 0.271 e. The molecule has 18 heavy (non-hydrogen) atoms. The lowest BCUT2D eigenvalue weighted by Gasteiger charge is -2.10. The van der Waals surface area contributed by atoms with Gasteiger partial charge in [0.2, 0.25) is 0 Å². The first-order valence-corrected chi connectivity index (χ1v) is 5.33. The summed E-state index contributed by atoms with van der Waals surface area (Å²) in [6.45, 7) is 0. The van der Waals surface area contributed by atoms with Crippen LogP contribution in [0.2, 0.25) is 5.02 Å². The zero-order chi connectivity index (χ0) is 13.1. The molecule has 0 aliphatic heterocycles. The summed E-state index contributed by atoms with van der Waals surface area (Å²) in [6, 6.07) is 3.93. The minimum atomic E-state index is -0.463. The number of nitrogens with zero attached hydrogens (tertiary/aromatic N) is 1. The first-order valence-electron chi connectivity index (χ1n) is 4.95. The third-order valence-electron chi connectivity index (χ3n) is 2.21. The van der Waals surface area contributed by atoms with E-state index < -0.39 is 11.4 Å². The van der Waals surface area contributed by atoms with E-state index >= 15 is 0 Å². The molecule has 1 aromatic carbocycles. The van der Waals surface area contributed by atoms with Gasteiger partial charge >= 0.3 is 0 Å². The summed E-state index contributed by atoms with van der Waals surface area (Å²) in [5.74, 6) is 0.0286. The van der Waals surface area contributed by atoms with Crippen molar-refractivity contribution in [3.05, 3.63) is 45.7 Å². The maximum absolute atomic E-state index is 13.0. The van der Waals surface area contributed by atoms with Gasteiger partial charge < -0.3 is 15.0 Å². The van der Waals surface area contributed by atoms with Gasteiger partial charge in [0.05, 0.1) is 19.1 Å². The summed E-state index contributed by atoms with van der Waals surface area (Å²) in [6.07, 6.45) is 1.21. The summed E-state index contributed by atoms with van der Waals surface area (Å²) in [5.41, 5.74) is -0.00542. The normalized spacial score (nSPS) is 10.2. The third kappa shape index (κ3) is 2.43. The zero-order valence-electron chi connectivity index (χ0n) is 9.33. The van der Waals surface area contributed by atoms with Gasteiger partial charge in [-0.15, -0.1) is 0 Å². The van der Waals surface area contributed by atoms with Crippen LogP contribution in [-0.2, 0) is 0 Å². The fourth-order valence-corrected chi connectivity index (χ4v) is 1.52. The number of hydrogen-bond acceptors (Lipinski definition) is 4. The van der Waals surface area contributed by atoms with E-state index in [2.05, 4.69) is 15.3 Å². The minimum Gasteiger partial charge on any atom is -0.494 e. The Hall–Kier alpha value is -2.08. The van der Waals surface area contributed by atoms with E-state index in [0.717, 1.165) is 0 Å². The Labute approximate surface area is 107 Å². The van der Waals surface area contributed by atoms with Crippen LogP contribution in [0.1, 0.15) is 0 Å². The van der Waals surface area contributed by atoms with Gasteiger partial charge in [0.25, 0.3) is 5.56 Å². The van der Waals surface area contributed by atoms with Crippen LogP contribution >= 0.6 is 11.6 Å². The number of rotatable bonds is 3. The minimum absolute atomic E-state index is 0.0797. The van der Waals surface area contributed by atoms with E-state index in [4.69, 9.17) is 16.3 Å². The molecule has 2 rings (SSSR count). The van der Waals surface area contributed by atoms with Crippen molar-refractivity contribution in [3.8, 4) is 5.75 Å². The molecule has 2 aromatic rings. The summed E-state index contributed by atoms with van der Waals surface area (Å²) in [4.78, 5) is 17.5. The van der Waals surface area contributed by atoms with Crippen molar-refractivity contribution < 1.29 is 9.13 Å². The molecular weight excluding hydrogens is 261 g/mol. The fraction of sp³-hybridized carbons (Fsp3) is 0.0909. The van der Waals surface area contributed by atoms with Gasteiger partial charge in [0, 0.05) is 6.07 Å². The number of nitrogens with one attached hydrogen (secondary N) is 2. The predicted octanol–water partition coefficient (Wildman–Crippen LogP) is 2.31. The summed E-state index contributed by atoms with van der Waals surface area (Å²) < 4.78 is 18.0. The van der Waals surface area contributed by atoms with Gasteiger partial charge in [-0.1, -0.05) is 11.6 Å². The maximum Gasteiger partial charge on any atom is 0.271 e. The molecule has 0 amide bonds. The second-order valence-electron chi connectivity index (χ2n) is 3.36. The van der Waals surface area contributed by atoms with E-state index in [1.54, 1.807) is 0 Å². The van der Waals surface area contributed by atoms with Crippen molar-refractivity contribution in [1.29, 1.82) is 0 Å². The van der Waals surface area contributed by atoms with Crippen LogP contribution in [0, 0.1) is 5.82 Å². The number of ether oxygens (including phenoxy) is 1. The van der Waals surface area contributed by atoms with Gasteiger partial charge in [0.15, 0.2) is 5.82 Å². The van der Waals surface area contributed by atoms with Crippen LogP contribution in [0.15, 0.2) is 29.3 Å². The standard InChI is InChI=1S/C11H9ClFN3O2/c1-18-8-4-6(13)2-3-7(8)16-10-9(12)11(17)15-5-14-10/h2-5H,1H3,(H2,14,15,16,17). The van der Waals surface area contributed by atoms with Crippen molar-refractivity contribution >= 4 is 23.1 Å². The number of aromatic amines is 1. The molecule has 7 heteroatoms. The van der Waals surface area contributed by atoms with Gasteiger partial charge in [-0.3, -0.25) is 4.79 Å². The molecule has 1 heterocycles. The predicted molar refractivity (Wildman–Crippen MR) is 66.1 cm³/mol. The van der Waals surface area contributed by atoms with Crippen molar-refractivity contribution in [2.45, 2.75) is 0 Å². The van der Waals surface area contributed by atoms with E-state index in [1.165, 1.54) is 31.6 Å². The highest BCUT2D eigenvalue weighted by Crippen LogP contribution is 2.28. The van der Waals surface area contributed by atoms with E-state index in [1.807, 2.05) is 0 Å².